The fourth-order valence-corrected chi connectivity index (χ4v) is 2.78. The first-order valence-electron chi connectivity index (χ1n) is 7.13. The molecule has 1 fully saturated rings. The van der Waals surface area contributed by atoms with E-state index >= 15 is 0 Å². The van der Waals surface area contributed by atoms with Crippen LogP contribution in [0.4, 0.5) is 0 Å². The van der Waals surface area contributed by atoms with Gasteiger partial charge in [-0.3, -0.25) is 0 Å². The zero-order valence-electron chi connectivity index (χ0n) is 11.8. The topological polar surface area (TPSA) is 34.1 Å². The molecule has 3 rings (SSSR count). The van der Waals surface area contributed by atoms with E-state index in [-0.39, 0.29) is 0 Å². The fraction of sp³-hybridized carbons (Fsp3) is 0.353. The second-order valence-corrected chi connectivity index (χ2v) is 5.33. The van der Waals surface area contributed by atoms with E-state index in [1.165, 1.54) is 18.4 Å². The van der Waals surface area contributed by atoms with Gasteiger partial charge < -0.3 is 10.1 Å². The van der Waals surface area contributed by atoms with Crippen LogP contribution in [0.1, 0.15) is 29.9 Å². The maximum atomic E-state index is 5.27. The molecule has 0 saturated heterocycles. The highest BCUT2D eigenvalue weighted by molar-refractivity contribution is 5.26. The molecule has 3 nitrogen and oxygen atoms in total. The molecule has 0 bridgehead atoms. The lowest BCUT2D eigenvalue weighted by Gasteiger charge is -2.36. The lowest BCUT2D eigenvalue weighted by molar-refractivity contribution is 0.287. The molecule has 0 unspecified atom stereocenters. The third-order valence-electron chi connectivity index (χ3n) is 4.03. The molecule has 20 heavy (non-hydrogen) atoms. The molecule has 3 heteroatoms. The fourth-order valence-electron chi connectivity index (χ4n) is 2.78. The van der Waals surface area contributed by atoms with E-state index in [1.807, 2.05) is 6.07 Å². The number of aromatic nitrogens is 1. The summed E-state index contributed by atoms with van der Waals surface area (Å²) < 4.78 is 5.27. The molecule has 2 aromatic rings. The van der Waals surface area contributed by atoms with E-state index < -0.39 is 0 Å². The number of ether oxygens (including phenoxy) is 1. The van der Waals surface area contributed by atoms with E-state index in [4.69, 9.17) is 4.74 Å². The summed E-state index contributed by atoms with van der Waals surface area (Å²) in [6, 6.07) is 15.4. The van der Waals surface area contributed by atoms with Gasteiger partial charge in [0.15, 0.2) is 0 Å². The highest BCUT2D eigenvalue weighted by Crippen LogP contribution is 2.36. The van der Waals surface area contributed by atoms with Gasteiger partial charge in [0.1, 0.15) is 0 Å². The Balaban J connectivity index is 1.50. The minimum absolute atomic E-state index is 0.602. The van der Waals surface area contributed by atoms with E-state index in [0.29, 0.717) is 12.0 Å². The van der Waals surface area contributed by atoms with Crippen LogP contribution in [0, 0.1) is 0 Å². The Morgan fingerprint density at radius 1 is 1.15 bits per heavy atom. The molecule has 1 aromatic heterocycles. The van der Waals surface area contributed by atoms with Gasteiger partial charge in [0.25, 0.3) is 0 Å². The summed E-state index contributed by atoms with van der Waals surface area (Å²) in [5, 5.41) is 3.59. The van der Waals surface area contributed by atoms with E-state index in [1.54, 1.807) is 13.3 Å². The Kier molecular flexibility index (Phi) is 3.97. The molecule has 104 valence electrons. The van der Waals surface area contributed by atoms with E-state index in [0.717, 1.165) is 18.0 Å². The quantitative estimate of drug-likeness (QED) is 0.904. The average molecular weight is 268 g/mol. The summed E-state index contributed by atoms with van der Waals surface area (Å²) in [6.07, 6.45) is 4.19. The largest absolute Gasteiger partial charge is 0.481 e. The third kappa shape index (κ3) is 2.83. The maximum absolute atomic E-state index is 5.27. The summed E-state index contributed by atoms with van der Waals surface area (Å²) in [5.41, 5.74) is 2.59. The first-order valence-corrected chi connectivity index (χ1v) is 7.13. The van der Waals surface area contributed by atoms with Gasteiger partial charge in [-0.25, -0.2) is 4.98 Å². The maximum Gasteiger partial charge on any atom is 0.217 e. The highest BCUT2D eigenvalue weighted by atomic mass is 16.5. The molecule has 1 aliphatic rings. The van der Waals surface area contributed by atoms with Crippen molar-refractivity contribution in [3.63, 3.8) is 0 Å². The Morgan fingerprint density at radius 2 is 1.95 bits per heavy atom. The van der Waals surface area contributed by atoms with E-state index in [9.17, 15) is 0 Å². The molecule has 1 N–H and O–H groups in total. The number of methoxy groups -OCH3 is 1. The molecule has 1 heterocycles. The number of rotatable bonds is 5. The lowest BCUT2D eigenvalue weighted by Crippen LogP contribution is -2.39. The average Bonchev–Trinajstić information content (AvgIpc) is 2.47. The minimum Gasteiger partial charge on any atom is -0.481 e. The van der Waals surface area contributed by atoms with Gasteiger partial charge >= 0.3 is 0 Å². The number of hydrogen-bond acceptors (Lipinski definition) is 3. The molecule has 1 aliphatic carbocycles. The van der Waals surface area contributed by atoms with Crippen LogP contribution in [0.2, 0.25) is 0 Å². The van der Waals surface area contributed by atoms with Crippen LogP contribution >= 0.6 is 0 Å². The smallest absolute Gasteiger partial charge is 0.217 e. The third-order valence-corrected chi connectivity index (χ3v) is 4.03. The Bertz CT molecular complexity index is 550. The predicted octanol–water partition coefficient (Wildman–Crippen LogP) is 3.13. The molecule has 0 radical (unpaired) electrons. The van der Waals surface area contributed by atoms with Crippen molar-refractivity contribution in [2.75, 3.05) is 7.11 Å². The van der Waals surface area contributed by atoms with Crippen LogP contribution in [0.5, 0.6) is 5.88 Å². The summed E-state index contributed by atoms with van der Waals surface area (Å²) >= 11 is 0. The van der Waals surface area contributed by atoms with Gasteiger partial charge in [0.05, 0.1) is 7.11 Å². The molecule has 0 aliphatic heterocycles. The monoisotopic (exact) mass is 268 g/mol. The van der Waals surface area contributed by atoms with Gasteiger partial charge in [0.2, 0.25) is 5.88 Å². The predicted molar refractivity (Wildman–Crippen MR) is 79.8 cm³/mol. The van der Waals surface area contributed by atoms with Crippen LogP contribution in [0.3, 0.4) is 0 Å². The first-order chi connectivity index (χ1) is 9.86. The second-order valence-electron chi connectivity index (χ2n) is 5.33. The Labute approximate surface area is 120 Å². The van der Waals surface area contributed by atoms with Crippen molar-refractivity contribution < 1.29 is 4.74 Å². The van der Waals surface area contributed by atoms with Gasteiger partial charge in [-0.15, -0.1) is 0 Å². The summed E-state index contributed by atoms with van der Waals surface area (Å²) in [6.45, 7) is 0.823. The van der Waals surface area contributed by atoms with Crippen LogP contribution in [0.15, 0.2) is 48.7 Å². The number of nitrogens with one attached hydrogen (secondary N) is 1. The number of benzene rings is 1. The molecule has 0 amide bonds. The number of hydrogen-bond donors (Lipinski definition) is 1. The van der Waals surface area contributed by atoms with Crippen LogP contribution in [0.25, 0.3) is 0 Å². The Hall–Kier alpha value is -1.87. The molecule has 1 saturated carbocycles. The summed E-state index contributed by atoms with van der Waals surface area (Å²) in [4.78, 5) is 4.22. The van der Waals surface area contributed by atoms with Crippen molar-refractivity contribution in [3.05, 3.63) is 59.8 Å². The van der Waals surface area contributed by atoms with Crippen molar-refractivity contribution in [3.8, 4) is 5.88 Å². The molecule has 1 aromatic carbocycles. The summed E-state index contributed by atoms with van der Waals surface area (Å²) in [5.74, 6) is 1.43. The van der Waals surface area contributed by atoms with Crippen molar-refractivity contribution in [2.45, 2.75) is 31.3 Å². The molecule has 0 spiro atoms. The SMILES string of the molecule is COc1ncccc1CNC1CC(c2ccccc2)C1. The lowest BCUT2D eigenvalue weighted by atomic mass is 9.76. The molecule has 0 atom stereocenters. The van der Waals surface area contributed by atoms with Crippen molar-refractivity contribution in [1.29, 1.82) is 0 Å². The van der Waals surface area contributed by atoms with Crippen molar-refractivity contribution in [2.24, 2.45) is 0 Å². The van der Waals surface area contributed by atoms with Crippen molar-refractivity contribution >= 4 is 0 Å². The second kappa shape index (κ2) is 6.06. The normalized spacial score (nSPS) is 21.2. The number of pyridine rings is 1. The zero-order valence-corrected chi connectivity index (χ0v) is 11.8. The standard InChI is InChI=1S/C17H20N2O/c1-20-17-14(8-5-9-18-17)12-19-16-10-15(11-16)13-6-3-2-4-7-13/h2-9,15-16,19H,10-12H2,1H3. The van der Waals surface area contributed by atoms with Gasteiger partial charge in [-0.05, 0) is 30.4 Å². The number of nitrogens with zero attached hydrogens (tertiary/aromatic N) is 1. The first kappa shape index (κ1) is 13.1. The van der Waals surface area contributed by atoms with Gasteiger partial charge in [0, 0.05) is 24.3 Å². The Morgan fingerprint density at radius 3 is 2.70 bits per heavy atom. The van der Waals surface area contributed by atoms with Crippen LogP contribution in [-0.4, -0.2) is 18.1 Å². The van der Waals surface area contributed by atoms with Crippen LogP contribution < -0.4 is 10.1 Å². The van der Waals surface area contributed by atoms with Crippen molar-refractivity contribution in [1.82, 2.24) is 10.3 Å². The molecular formula is C17H20N2O. The van der Waals surface area contributed by atoms with Crippen LogP contribution in [-0.2, 0) is 6.54 Å². The molecular weight excluding hydrogens is 248 g/mol. The van der Waals surface area contributed by atoms with Gasteiger partial charge in [-0.2, -0.15) is 0 Å². The summed E-state index contributed by atoms with van der Waals surface area (Å²) in [7, 11) is 1.67. The van der Waals surface area contributed by atoms with Gasteiger partial charge in [-0.1, -0.05) is 36.4 Å². The zero-order chi connectivity index (χ0) is 13.8. The van der Waals surface area contributed by atoms with E-state index in [2.05, 4.69) is 46.7 Å². The minimum atomic E-state index is 0.602. The highest BCUT2D eigenvalue weighted by Gasteiger charge is 2.29.